The number of aliphatic hydroxyl groups is 1. The Morgan fingerprint density at radius 1 is 1.03 bits per heavy atom. The van der Waals surface area contributed by atoms with Gasteiger partial charge >= 0.3 is 5.97 Å². The molecule has 0 radical (unpaired) electrons. The summed E-state index contributed by atoms with van der Waals surface area (Å²) >= 11 is 0. The Morgan fingerprint density at radius 2 is 1.77 bits per heavy atom. The minimum atomic E-state index is -0.699. The summed E-state index contributed by atoms with van der Waals surface area (Å²) < 4.78 is 11.3. The first-order chi connectivity index (χ1) is 18.8. The number of amides is 1. The third-order valence-corrected chi connectivity index (χ3v) is 7.12. The third-order valence-electron chi connectivity index (χ3n) is 7.12. The molecule has 2 aromatic rings. The summed E-state index contributed by atoms with van der Waals surface area (Å²) in [5.41, 5.74) is 1.77. The van der Waals surface area contributed by atoms with E-state index in [-0.39, 0.29) is 49.6 Å². The van der Waals surface area contributed by atoms with Gasteiger partial charge in [-0.3, -0.25) is 14.4 Å². The number of carbonyl (C=O) groups is 3. The molecular formula is C32H43NO6. The lowest BCUT2D eigenvalue weighted by Gasteiger charge is -2.25. The van der Waals surface area contributed by atoms with Crippen LogP contribution in [-0.4, -0.2) is 42.0 Å². The largest absolute Gasteiger partial charge is 0.494 e. The molecule has 0 fully saturated rings. The quantitative estimate of drug-likeness (QED) is 0.481. The van der Waals surface area contributed by atoms with Gasteiger partial charge in [-0.15, -0.1) is 0 Å². The van der Waals surface area contributed by atoms with Gasteiger partial charge in [0, 0.05) is 13.0 Å². The second-order valence-electron chi connectivity index (χ2n) is 11.0. The van der Waals surface area contributed by atoms with E-state index in [4.69, 9.17) is 9.47 Å². The molecule has 0 aromatic heterocycles. The molecule has 0 spiro atoms. The number of benzene rings is 2. The number of hydrogen-bond donors (Lipinski definition) is 2. The lowest BCUT2D eigenvalue weighted by Crippen LogP contribution is -2.46. The molecular weight excluding hydrogens is 494 g/mol. The molecule has 39 heavy (non-hydrogen) atoms. The Kier molecular flexibility index (Phi) is 12.5. The maximum Gasteiger partial charge on any atom is 0.306 e. The average molecular weight is 538 g/mol. The summed E-state index contributed by atoms with van der Waals surface area (Å²) in [4.78, 5) is 39.7. The zero-order chi connectivity index (χ0) is 28.0. The van der Waals surface area contributed by atoms with Crippen molar-refractivity contribution in [2.45, 2.75) is 77.9 Å². The van der Waals surface area contributed by atoms with Crippen LogP contribution in [0, 0.1) is 17.8 Å². The van der Waals surface area contributed by atoms with Gasteiger partial charge in [0.15, 0.2) is 5.78 Å². The zero-order valence-corrected chi connectivity index (χ0v) is 23.3. The second-order valence-corrected chi connectivity index (χ2v) is 11.0. The summed E-state index contributed by atoms with van der Waals surface area (Å²) in [6.45, 7) is 4.69. The molecule has 0 unspecified atom stereocenters. The number of carbonyl (C=O) groups excluding carboxylic acids is 3. The van der Waals surface area contributed by atoms with Crippen molar-refractivity contribution in [3.05, 3.63) is 65.7 Å². The Labute approximate surface area is 232 Å². The van der Waals surface area contributed by atoms with E-state index in [0.29, 0.717) is 19.4 Å². The minimum Gasteiger partial charge on any atom is -0.494 e. The summed E-state index contributed by atoms with van der Waals surface area (Å²) in [5, 5.41) is 12.9. The van der Waals surface area contributed by atoms with Crippen molar-refractivity contribution in [2.24, 2.45) is 17.8 Å². The number of fused-ring (bicyclic) bond motifs is 15. The molecule has 0 saturated carbocycles. The fraction of sp³-hybridized carbons (Fsp3) is 0.531. The first-order valence-electron chi connectivity index (χ1n) is 14.2. The lowest BCUT2D eigenvalue weighted by atomic mass is 9.89. The van der Waals surface area contributed by atoms with Crippen molar-refractivity contribution in [2.75, 3.05) is 13.2 Å². The molecule has 2 heterocycles. The molecule has 7 nitrogen and oxygen atoms in total. The molecule has 2 bridgehead atoms. The van der Waals surface area contributed by atoms with E-state index in [2.05, 4.69) is 5.32 Å². The van der Waals surface area contributed by atoms with Crippen LogP contribution in [0.15, 0.2) is 54.6 Å². The summed E-state index contributed by atoms with van der Waals surface area (Å²) in [6.07, 6.45) is 4.44. The number of ether oxygens (including phenoxy) is 2. The Balaban J connectivity index is 1.79. The molecule has 1 amide bonds. The topological polar surface area (TPSA) is 102 Å². The Bertz CT molecular complexity index is 1040. The molecule has 3 atom stereocenters. The Hall–Kier alpha value is -3.19. The fourth-order valence-corrected chi connectivity index (χ4v) is 4.88. The van der Waals surface area contributed by atoms with E-state index in [9.17, 15) is 19.5 Å². The van der Waals surface area contributed by atoms with E-state index in [1.54, 1.807) is 0 Å². The number of Topliss-reactive ketones (excluding diaryl/α,β-unsaturated/α-hetero) is 1. The smallest absolute Gasteiger partial charge is 0.306 e. The van der Waals surface area contributed by atoms with Crippen LogP contribution in [0.1, 0.15) is 69.9 Å². The number of aliphatic hydroxyl groups excluding tert-OH is 1. The van der Waals surface area contributed by atoms with E-state index in [1.165, 1.54) is 0 Å². The Morgan fingerprint density at radius 3 is 2.46 bits per heavy atom. The summed E-state index contributed by atoms with van der Waals surface area (Å²) in [7, 11) is 0. The predicted molar refractivity (Wildman–Crippen MR) is 150 cm³/mol. The van der Waals surface area contributed by atoms with E-state index < -0.39 is 17.9 Å². The van der Waals surface area contributed by atoms with Crippen molar-refractivity contribution < 1.29 is 29.0 Å². The molecule has 2 aromatic carbocycles. The SMILES string of the molecule is CC(C)C[C@@H]1NC(=O)[C@@H](CC(=O)OCc2ccccc2)Cc2ccc(cc2)OCCCCC[C@@H](CO)CC1=O. The number of rotatable bonds is 7. The van der Waals surface area contributed by atoms with Crippen LogP contribution < -0.4 is 10.1 Å². The molecule has 4 rings (SSSR count). The van der Waals surface area contributed by atoms with E-state index >= 15 is 0 Å². The second kappa shape index (κ2) is 16.0. The number of esters is 1. The lowest BCUT2D eigenvalue weighted by molar-refractivity contribution is -0.148. The molecule has 2 aliphatic rings. The summed E-state index contributed by atoms with van der Waals surface area (Å²) in [5.74, 6) is -0.768. The summed E-state index contributed by atoms with van der Waals surface area (Å²) in [6, 6.07) is 16.3. The third kappa shape index (κ3) is 10.8. The molecule has 0 aliphatic carbocycles. The van der Waals surface area contributed by atoms with Crippen LogP contribution in [0.4, 0.5) is 0 Å². The molecule has 2 N–H and O–H groups in total. The molecule has 212 valence electrons. The van der Waals surface area contributed by atoms with Gasteiger partial charge in [-0.05, 0) is 60.8 Å². The standard InChI is InChI=1S/C32H43NO6/c1-23(2)17-29-30(35)19-26(21-34)11-7-4-8-16-38-28-14-12-24(13-15-28)18-27(32(37)33-29)20-31(36)39-22-25-9-5-3-6-10-25/h3,5-6,9-10,12-15,23,26-27,29,34H,4,7-8,11,16-22H2,1-2H3,(H,33,37)/t26-,27-,29+/m1/s1. The van der Waals surface area contributed by atoms with Crippen molar-refractivity contribution in [3.63, 3.8) is 0 Å². The predicted octanol–water partition coefficient (Wildman–Crippen LogP) is 5.03. The van der Waals surface area contributed by atoms with Gasteiger partial charge in [0.05, 0.1) is 25.0 Å². The highest BCUT2D eigenvalue weighted by atomic mass is 16.5. The highest BCUT2D eigenvalue weighted by molar-refractivity contribution is 5.91. The zero-order valence-electron chi connectivity index (χ0n) is 23.3. The first-order valence-corrected chi connectivity index (χ1v) is 14.2. The maximum atomic E-state index is 13.6. The monoisotopic (exact) mass is 537 g/mol. The fourth-order valence-electron chi connectivity index (χ4n) is 4.88. The van der Waals surface area contributed by atoms with Crippen molar-refractivity contribution in [1.82, 2.24) is 5.32 Å². The van der Waals surface area contributed by atoms with Gasteiger partial charge in [0.1, 0.15) is 12.4 Å². The number of hydrogen-bond acceptors (Lipinski definition) is 6. The van der Waals surface area contributed by atoms with Crippen LogP contribution in [-0.2, 0) is 32.1 Å². The van der Waals surface area contributed by atoms with E-state index in [0.717, 1.165) is 42.6 Å². The number of nitrogens with one attached hydrogen (secondary N) is 1. The van der Waals surface area contributed by atoms with Gasteiger partial charge in [0.25, 0.3) is 0 Å². The van der Waals surface area contributed by atoms with Gasteiger partial charge in [-0.1, -0.05) is 69.2 Å². The van der Waals surface area contributed by atoms with Crippen LogP contribution in [0.3, 0.4) is 0 Å². The molecule has 0 saturated heterocycles. The molecule has 7 heteroatoms. The average Bonchev–Trinajstić information content (AvgIpc) is 2.93. The normalized spacial score (nSPS) is 21.5. The van der Waals surface area contributed by atoms with Crippen LogP contribution in [0.25, 0.3) is 0 Å². The van der Waals surface area contributed by atoms with E-state index in [1.807, 2.05) is 68.4 Å². The van der Waals surface area contributed by atoms with Crippen molar-refractivity contribution in [1.29, 1.82) is 0 Å². The van der Waals surface area contributed by atoms with Gasteiger partial charge in [0.2, 0.25) is 5.91 Å². The maximum absolute atomic E-state index is 13.6. The first kappa shape index (κ1) is 30.4. The van der Waals surface area contributed by atoms with Crippen LogP contribution in [0.5, 0.6) is 5.75 Å². The number of ketones is 1. The minimum absolute atomic E-state index is 0.0632. The van der Waals surface area contributed by atoms with Gasteiger partial charge < -0.3 is 19.9 Å². The highest BCUT2D eigenvalue weighted by Gasteiger charge is 2.29. The van der Waals surface area contributed by atoms with Crippen molar-refractivity contribution >= 4 is 17.7 Å². The molecule has 2 aliphatic heterocycles. The van der Waals surface area contributed by atoms with Crippen LogP contribution >= 0.6 is 0 Å². The van der Waals surface area contributed by atoms with Crippen molar-refractivity contribution in [3.8, 4) is 5.75 Å². The highest BCUT2D eigenvalue weighted by Crippen LogP contribution is 2.22. The van der Waals surface area contributed by atoms with Crippen LogP contribution in [0.2, 0.25) is 0 Å². The van der Waals surface area contributed by atoms with Gasteiger partial charge in [-0.25, -0.2) is 0 Å². The van der Waals surface area contributed by atoms with Gasteiger partial charge in [-0.2, -0.15) is 0 Å².